The summed E-state index contributed by atoms with van der Waals surface area (Å²) in [4.78, 5) is 18.9. The Balaban J connectivity index is 1.49. The molecule has 0 atom stereocenters. The summed E-state index contributed by atoms with van der Waals surface area (Å²) in [6.07, 6.45) is 5.84. The molecule has 140 valence electrons. The van der Waals surface area contributed by atoms with Gasteiger partial charge in [0.05, 0.1) is 7.11 Å². The number of nitrogens with one attached hydrogen (secondary N) is 1. The number of likely N-dealkylation sites (tertiary alicyclic amines) is 1. The number of hydrogen-bond donors (Lipinski definition) is 1. The summed E-state index contributed by atoms with van der Waals surface area (Å²) in [5.41, 5.74) is 1.06. The number of piperidine rings is 1. The number of methoxy groups -OCH3 is 1. The molecule has 26 heavy (non-hydrogen) atoms. The highest BCUT2D eigenvalue weighted by molar-refractivity contribution is 5.74. The smallest absolute Gasteiger partial charge is 0.317 e. The molecule has 2 heterocycles. The van der Waals surface area contributed by atoms with Crippen LogP contribution in [0.15, 0.2) is 36.7 Å². The van der Waals surface area contributed by atoms with E-state index in [-0.39, 0.29) is 6.03 Å². The number of ether oxygens (including phenoxy) is 1. The van der Waals surface area contributed by atoms with Crippen LogP contribution < -0.4 is 10.1 Å². The Kier molecular flexibility index (Phi) is 5.81. The molecule has 2 amide bonds. The van der Waals surface area contributed by atoms with Gasteiger partial charge in [-0.15, -0.1) is 0 Å². The van der Waals surface area contributed by atoms with Crippen molar-refractivity contribution in [1.29, 1.82) is 0 Å². The van der Waals surface area contributed by atoms with Gasteiger partial charge in [-0.2, -0.15) is 0 Å². The van der Waals surface area contributed by atoms with E-state index >= 15 is 0 Å². The van der Waals surface area contributed by atoms with E-state index in [1.54, 1.807) is 7.11 Å². The molecule has 0 saturated carbocycles. The summed E-state index contributed by atoms with van der Waals surface area (Å²) in [6, 6.07) is 8.17. The molecule has 0 bridgehead atoms. The minimum atomic E-state index is 0.00599. The highest BCUT2D eigenvalue weighted by Gasteiger charge is 2.26. The second kappa shape index (κ2) is 8.25. The number of rotatable bonds is 5. The lowest BCUT2D eigenvalue weighted by Gasteiger charge is -2.32. The van der Waals surface area contributed by atoms with E-state index in [9.17, 15) is 4.79 Å². The minimum Gasteiger partial charge on any atom is -0.497 e. The van der Waals surface area contributed by atoms with Crippen LogP contribution in [0.4, 0.5) is 4.79 Å². The fraction of sp³-hybridized carbons (Fsp3) is 0.500. The first kappa shape index (κ1) is 18.3. The second-order valence-corrected chi connectivity index (χ2v) is 7.05. The standard InChI is InChI=1S/C20H28N4O2/c1-15(2)24-13-10-21-19(24)17-8-11-23(12-9-17)20(25)22-14-16-4-6-18(26-3)7-5-16/h4-7,10,13,15,17H,8-9,11-12,14H2,1-3H3,(H,22,25). The average Bonchev–Trinajstić information content (AvgIpc) is 3.17. The minimum absolute atomic E-state index is 0.00599. The quantitative estimate of drug-likeness (QED) is 0.891. The molecule has 1 aliphatic rings. The van der Waals surface area contributed by atoms with E-state index in [1.807, 2.05) is 41.6 Å². The Hall–Kier alpha value is -2.50. The van der Waals surface area contributed by atoms with Gasteiger partial charge >= 0.3 is 6.03 Å². The SMILES string of the molecule is COc1ccc(CNC(=O)N2CCC(c3nccn3C(C)C)CC2)cc1. The molecule has 6 nitrogen and oxygen atoms in total. The van der Waals surface area contributed by atoms with Crippen LogP contribution >= 0.6 is 0 Å². The van der Waals surface area contributed by atoms with Crippen LogP contribution in [0.25, 0.3) is 0 Å². The fourth-order valence-electron chi connectivity index (χ4n) is 3.45. The Morgan fingerprint density at radius 2 is 1.96 bits per heavy atom. The van der Waals surface area contributed by atoms with Gasteiger partial charge in [0.1, 0.15) is 11.6 Å². The van der Waals surface area contributed by atoms with Gasteiger partial charge in [-0.3, -0.25) is 0 Å². The third kappa shape index (κ3) is 4.18. The Bertz CT molecular complexity index is 716. The van der Waals surface area contributed by atoms with E-state index in [0.29, 0.717) is 18.5 Å². The fourth-order valence-corrected chi connectivity index (χ4v) is 3.45. The van der Waals surface area contributed by atoms with Crippen molar-refractivity contribution in [2.24, 2.45) is 0 Å². The van der Waals surface area contributed by atoms with Gasteiger partial charge in [-0.05, 0) is 44.4 Å². The van der Waals surface area contributed by atoms with Gasteiger partial charge in [0.2, 0.25) is 0 Å². The second-order valence-electron chi connectivity index (χ2n) is 7.05. The predicted molar refractivity (Wildman–Crippen MR) is 101 cm³/mol. The third-order valence-corrected chi connectivity index (χ3v) is 5.01. The van der Waals surface area contributed by atoms with Crippen molar-refractivity contribution in [3.05, 3.63) is 48.0 Å². The number of aromatic nitrogens is 2. The van der Waals surface area contributed by atoms with Crippen molar-refractivity contribution < 1.29 is 9.53 Å². The van der Waals surface area contributed by atoms with Gasteiger partial charge in [-0.25, -0.2) is 9.78 Å². The van der Waals surface area contributed by atoms with E-state index in [1.165, 1.54) is 0 Å². The molecule has 3 rings (SSSR count). The zero-order valence-corrected chi connectivity index (χ0v) is 15.8. The molecule has 6 heteroatoms. The molecule has 0 aliphatic carbocycles. The molecule has 2 aromatic rings. The van der Waals surface area contributed by atoms with E-state index < -0.39 is 0 Å². The van der Waals surface area contributed by atoms with Crippen LogP contribution in [-0.2, 0) is 6.54 Å². The van der Waals surface area contributed by atoms with Gasteiger partial charge in [-0.1, -0.05) is 12.1 Å². The first-order chi connectivity index (χ1) is 12.6. The van der Waals surface area contributed by atoms with Crippen molar-refractivity contribution in [1.82, 2.24) is 19.8 Å². The predicted octanol–water partition coefficient (Wildman–Crippen LogP) is 3.56. The molecule has 0 unspecified atom stereocenters. The molecule has 0 spiro atoms. The van der Waals surface area contributed by atoms with E-state index in [4.69, 9.17) is 4.74 Å². The van der Waals surface area contributed by atoms with Gasteiger partial charge in [0, 0.05) is 44.0 Å². The summed E-state index contributed by atoms with van der Waals surface area (Å²) in [6.45, 7) is 6.41. The monoisotopic (exact) mass is 356 g/mol. The Morgan fingerprint density at radius 1 is 1.27 bits per heavy atom. The summed E-state index contributed by atoms with van der Waals surface area (Å²) >= 11 is 0. The summed E-state index contributed by atoms with van der Waals surface area (Å²) in [5.74, 6) is 2.40. The number of carbonyl (C=O) groups excluding carboxylic acids is 1. The first-order valence-electron chi connectivity index (χ1n) is 9.27. The third-order valence-electron chi connectivity index (χ3n) is 5.01. The summed E-state index contributed by atoms with van der Waals surface area (Å²) in [7, 11) is 1.65. The van der Waals surface area contributed by atoms with Crippen LogP contribution in [0.1, 0.15) is 50.0 Å². The normalized spacial score (nSPS) is 15.3. The molecular formula is C20H28N4O2. The van der Waals surface area contributed by atoms with E-state index in [2.05, 4.69) is 28.7 Å². The molecule has 1 aliphatic heterocycles. The van der Waals surface area contributed by atoms with Crippen LogP contribution in [0.5, 0.6) is 5.75 Å². The van der Waals surface area contributed by atoms with Gasteiger partial charge < -0.3 is 19.5 Å². The molecule has 0 radical (unpaired) electrons. The topological polar surface area (TPSA) is 59.4 Å². The molecule has 1 aromatic carbocycles. The van der Waals surface area contributed by atoms with Crippen LogP contribution in [0.3, 0.4) is 0 Å². The average molecular weight is 356 g/mol. The largest absolute Gasteiger partial charge is 0.497 e. The van der Waals surface area contributed by atoms with Crippen molar-refractivity contribution in [3.63, 3.8) is 0 Å². The Labute approximate surface area is 155 Å². The number of urea groups is 1. The lowest BCUT2D eigenvalue weighted by Crippen LogP contribution is -2.44. The first-order valence-corrected chi connectivity index (χ1v) is 9.27. The van der Waals surface area contributed by atoms with Crippen molar-refractivity contribution >= 4 is 6.03 Å². The lowest BCUT2D eigenvalue weighted by molar-refractivity contribution is 0.179. The molecule has 1 aromatic heterocycles. The van der Waals surface area contributed by atoms with Crippen LogP contribution in [0, 0.1) is 0 Å². The summed E-state index contributed by atoms with van der Waals surface area (Å²) in [5, 5.41) is 3.01. The zero-order valence-electron chi connectivity index (χ0n) is 15.8. The van der Waals surface area contributed by atoms with Crippen LogP contribution in [-0.4, -0.2) is 40.7 Å². The van der Waals surface area contributed by atoms with Crippen molar-refractivity contribution in [2.75, 3.05) is 20.2 Å². The maximum absolute atomic E-state index is 12.4. The zero-order chi connectivity index (χ0) is 18.5. The van der Waals surface area contributed by atoms with E-state index in [0.717, 1.165) is 43.1 Å². The number of hydrogen-bond acceptors (Lipinski definition) is 3. The number of carbonyl (C=O) groups is 1. The van der Waals surface area contributed by atoms with Crippen molar-refractivity contribution in [3.8, 4) is 5.75 Å². The number of amides is 2. The summed E-state index contributed by atoms with van der Waals surface area (Å²) < 4.78 is 7.39. The number of imidazole rings is 1. The highest BCUT2D eigenvalue weighted by atomic mass is 16.5. The molecule has 1 fully saturated rings. The highest BCUT2D eigenvalue weighted by Crippen LogP contribution is 2.28. The van der Waals surface area contributed by atoms with Gasteiger partial charge in [0.15, 0.2) is 0 Å². The van der Waals surface area contributed by atoms with Crippen molar-refractivity contribution in [2.45, 2.75) is 45.2 Å². The maximum Gasteiger partial charge on any atom is 0.317 e. The number of benzene rings is 1. The maximum atomic E-state index is 12.4. The number of nitrogens with zero attached hydrogens (tertiary/aromatic N) is 3. The molecule has 1 N–H and O–H groups in total. The molecular weight excluding hydrogens is 328 g/mol. The molecule has 1 saturated heterocycles. The van der Waals surface area contributed by atoms with Gasteiger partial charge in [0.25, 0.3) is 0 Å². The van der Waals surface area contributed by atoms with Crippen LogP contribution in [0.2, 0.25) is 0 Å². The Morgan fingerprint density at radius 3 is 2.58 bits per heavy atom. The lowest BCUT2D eigenvalue weighted by atomic mass is 9.96.